The molecule has 188 valence electrons. The molecule has 6 rings (SSSR count). The Morgan fingerprint density at radius 3 is 1.85 bits per heavy atom. The van der Waals surface area contributed by atoms with Crippen molar-refractivity contribution in [1.82, 2.24) is 35.0 Å². The van der Waals surface area contributed by atoms with Crippen LogP contribution in [-0.4, -0.2) is 41.7 Å². The molecule has 1 amide bonds. The summed E-state index contributed by atoms with van der Waals surface area (Å²) in [6.45, 7) is 0. The van der Waals surface area contributed by atoms with E-state index in [1.165, 1.54) is 0 Å². The Labute approximate surface area is 224 Å². The van der Waals surface area contributed by atoms with Gasteiger partial charge in [0.15, 0.2) is 0 Å². The first-order chi connectivity index (χ1) is 19.3. The average molecular weight is 511 g/mol. The van der Waals surface area contributed by atoms with Crippen LogP contribution in [0.4, 0.5) is 0 Å². The van der Waals surface area contributed by atoms with Crippen LogP contribution in [-0.2, 0) is 0 Å². The summed E-state index contributed by atoms with van der Waals surface area (Å²) >= 11 is 0. The van der Waals surface area contributed by atoms with Gasteiger partial charge in [0.05, 0.1) is 23.2 Å². The number of hydrazone groups is 1. The lowest BCUT2D eigenvalue weighted by atomic mass is 10.1. The molecule has 6 aromatic rings. The van der Waals surface area contributed by atoms with Gasteiger partial charge in [-0.05, 0) is 48.5 Å². The summed E-state index contributed by atoms with van der Waals surface area (Å²) in [6, 6.07) is 26.8. The molecule has 0 atom stereocenters. The third kappa shape index (κ3) is 5.09. The molecule has 4 aromatic heterocycles. The van der Waals surface area contributed by atoms with E-state index in [2.05, 4.69) is 25.6 Å². The normalized spacial score (nSPS) is 11.1. The van der Waals surface area contributed by atoms with Gasteiger partial charge in [-0.25, -0.2) is 14.8 Å². The van der Waals surface area contributed by atoms with Crippen LogP contribution in [0.25, 0.3) is 33.9 Å². The van der Waals surface area contributed by atoms with Crippen LogP contribution in [0.1, 0.15) is 15.9 Å². The third-order valence-electron chi connectivity index (χ3n) is 5.98. The number of hydrogen-bond donors (Lipinski definition) is 1. The number of pyridine rings is 2. The molecule has 0 aliphatic heterocycles. The number of carbonyl (C=O) groups excluding carboxylic acids is 1. The lowest BCUT2D eigenvalue weighted by Crippen LogP contribution is -2.18. The molecule has 0 unspecified atom stereocenters. The smallest absolute Gasteiger partial charge is 0.267 e. The highest BCUT2D eigenvalue weighted by molar-refractivity contribution is 6.00. The van der Waals surface area contributed by atoms with Gasteiger partial charge in [0.2, 0.25) is 0 Å². The highest BCUT2D eigenvalue weighted by Crippen LogP contribution is 2.24. The van der Waals surface area contributed by atoms with E-state index in [0.29, 0.717) is 17.0 Å². The molecule has 0 aliphatic rings. The minimum Gasteiger partial charge on any atom is -0.267 e. The van der Waals surface area contributed by atoms with E-state index in [1.54, 1.807) is 52.6 Å². The average Bonchev–Trinajstić information content (AvgIpc) is 3.65. The lowest BCUT2D eigenvalue weighted by Gasteiger charge is -2.01. The molecular weight excluding hydrogens is 488 g/mol. The second-order valence-corrected chi connectivity index (χ2v) is 8.57. The van der Waals surface area contributed by atoms with Gasteiger partial charge >= 0.3 is 0 Å². The minimum atomic E-state index is -0.398. The van der Waals surface area contributed by atoms with Crippen LogP contribution in [0.15, 0.2) is 127 Å². The molecule has 1 N–H and O–H groups in total. The molecule has 0 saturated carbocycles. The van der Waals surface area contributed by atoms with E-state index in [1.807, 2.05) is 85.1 Å². The Bertz CT molecular complexity index is 1730. The Hall–Kier alpha value is -5.70. The van der Waals surface area contributed by atoms with Crippen LogP contribution >= 0.6 is 0 Å². The number of nitrogens with zero attached hydrogens (tertiary/aromatic N) is 7. The molecule has 0 radical (unpaired) electrons. The van der Waals surface area contributed by atoms with Gasteiger partial charge < -0.3 is 0 Å². The zero-order chi connectivity index (χ0) is 26.4. The fourth-order valence-corrected chi connectivity index (χ4v) is 4.11. The first kappa shape index (κ1) is 23.7. The fourth-order valence-electron chi connectivity index (χ4n) is 4.11. The standard InChI is InChI=1S/C30H22N8O/c39-30(27-21-38(26-13-5-2-6-14-26)36-29(27)23-10-8-16-32-18-23)34-33-19-24-20-37(25-11-3-1-4-12-25)35-28(24)22-9-7-15-31-17-22/h1-21H,(H,34,39)/b33-19+. The Morgan fingerprint density at radius 2 is 1.26 bits per heavy atom. The van der Waals surface area contributed by atoms with E-state index in [4.69, 9.17) is 5.10 Å². The van der Waals surface area contributed by atoms with Gasteiger partial charge in [0.1, 0.15) is 11.4 Å². The zero-order valence-corrected chi connectivity index (χ0v) is 20.7. The van der Waals surface area contributed by atoms with E-state index < -0.39 is 5.91 Å². The van der Waals surface area contributed by atoms with Crippen LogP contribution in [0.2, 0.25) is 0 Å². The second kappa shape index (κ2) is 10.7. The summed E-state index contributed by atoms with van der Waals surface area (Å²) in [7, 11) is 0. The number of amides is 1. The van der Waals surface area contributed by atoms with Crippen molar-refractivity contribution in [2.24, 2.45) is 5.10 Å². The molecule has 9 heteroatoms. The maximum absolute atomic E-state index is 13.3. The Kier molecular flexibility index (Phi) is 6.52. The highest BCUT2D eigenvalue weighted by Gasteiger charge is 2.19. The zero-order valence-electron chi connectivity index (χ0n) is 20.7. The van der Waals surface area contributed by atoms with Crippen LogP contribution in [0.5, 0.6) is 0 Å². The molecule has 0 fully saturated rings. The topological polar surface area (TPSA) is 103 Å². The van der Waals surface area contributed by atoms with E-state index in [0.717, 1.165) is 28.1 Å². The quantitative estimate of drug-likeness (QED) is 0.242. The molecular formula is C30H22N8O. The largest absolute Gasteiger partial charge is 0.275 e. The number of benzene rings is 2. The summed E-state index contributed by atoms with van der Waals surface area (Å²) in [4.78, 5) is 21.7. The molecule has 39 heavy (non-hydrogen) atoms. The Morgan fingerprint density at radius 1 is 0.692 bits per heavy atom. The Balaban J connectivity index is 1.32. The third-order valence-corrected chi connectivity index (χ3v) is 5.98. The number of carbonyl (C=O) groups is 1. The van der Waals surface area contributed by atoms with Crippen molar-refractivity contribution in [2.45, 2.75) is 0 Å². The maximum atomic E-state index is 13.3. The van der Waals surface area contributed by atoms with Crippen LogP contribution in [0.3, 0.4) is 0 Å². The summed E-state index contributed by atoms with van der Waals surface area (Å²) < 4.78 is 3.45. The number of hydrogen-bond acceptors (Lipinski definition) is 6. The van der Waals surface area contributed by atoms with Crippen molar-refractivity contribution in [3.8, 4) is 33.9 Å². The summed E-state index contributed by atoms with van der Waals surface area (Å²) in [5, 5.41) is 13.7. The van der Waals surface area contributed by atoms with Crippen molar-refractivity contribution < 1.29 is 4.79 Å². The fraction of sp³-hybridized carbons (Fsp3) is 0. The maximum Gasteiger partial charge on any atom is 0.275 e. The monoisotopic (exact) mass is 510 g/mol. The summed E-state index contributed by atoms with van der Waals surface area (Å²) in [6.07, 6.45) is 11.9. The molecule has 0 spiro atoms. The number of nitrogens with one attached hydrogen (secondary N) is 1. The van der Waals surface area contributed by atoms with Crippen molar-refractivity contribution >= 4 is 12.1 Å². The van der Waals surface area contributed by atoms with Crippen molar-refractivity contribution in [3.05, 3.63) is 133 Å². The minimum absolute atomic E-state index is 0.372. The van der Waals surface area contributed by atoms with E-state index >= 15 is 0 Å². The molecule has 0 saturated heterocycles. The molecule has 9 nitrogen and oxygen atoms in total. The lowest BCUT2D eigenvalue weighted by molar-refractivity contribution is 0.0955. The van der Waals surface area contributed by atoms with Gasteiger partial charge in [-0.15, -0.1) is 0 Å². The predicted octanol–water partition coefficient (Wildman–Crippen LogP) is 4.95. The van der Waals surface area contributed by atoms with Crippen molar-refractivity contribution in [1.29, 1.82) is 0 Å². The van der Waals surface area contributed by atoms with Crippen LogP contribution < -0.4 is 5.43 Å². The van der Waals surface area contributed by atoms with E-state index in [-0.39, 0.29) is 0 Å². The van der Waals surface area contributed by atoms with Crippen molar-refractivity contribution in [2.75, 3.05) is 0 Å². The number of aromatic nitrogens is 6. The summed E-state index contributed by atoms with van der Waals surface area (Å²) in [5.74, 6) is -0.398. The SMILES string of the molecule is O=C(N/N=C/c1cn(-c2ccccc2)nc1-c1cccnc1)c1cn(-c2ccccc2)nc1-c1cccnc1. The number of rotatable bonds is 7. The molecule has 0 aliphatic carbocycles. The van der Waals surface area contributed by atoms with E-state index in [9.17, 15) is 4.79 Å². The molecule has 0 bridgehead atoms. The second-order valence-electron chi connectivity index (χ2n) is 8.57. The first-order valence-corrected chi connectivity index (χ1v) is 12.2. The van der Waals surface area contributed by atoms with Gasteiger partial charge in [-0.1, -0.05) is 36.4 Å². The highest BCUT2D eigenvalue weighted by atomic mass is 16.2. The molecule has 2 aromatic carbocycles. The summed E-state index contributed by atoms with van der Waals surface area (Å²) in [5.41, 5.74) is 8.25. The van der Waals surface area contributed by atoms with Gasteiger partial charge in [0, 0.05) is 53.9 Å². The predicted molar refractivity (Wildman–Crippen MR) is 149 cm³/mol. The van der Waals surface area contributed by atoms with Gasteiger partial charge in [-0.3, -0.25) is 14.8 Å². The first-order valence-electron chi connectivity index (χ1n) is 12.2. The van der Waals surface area contributed by atoms with Crippen LogP contribution in [0, 0.1) is 0 Å². The van der Waals surface area contributed by atoms with Crippen molar-refractivity contribution in [3.63, 3.8) is 0 Å². The number of para-hydroxylation sites is 2. The van der Waals surface area contributed by atoms with Gasteiger partial charge in [0.25, 0.3) is 5.91 Å². The molecule has 4 heterocycles. The van der Waals surface area contributed by atoms with Gasteiger partial charge in [-0.2, -0.15) is 15.3 Å².